The van der Waals surface area contributed by atoms with Crippen LogP contribution in [0.2, 0.25) is 0 Å². The largest absolute Gasteiger partial charge is 0.444 e. The summed E-state index contributed by atoms with van der Waals surface area (Å²) in [6.07, 6.45) is 4.17. The van der Waals surface area contributed by atoms with Crippen molar-refractivity contribution in [3.8, 4) is 0 Å². The van der Waals surface area contributed by atoms with Crippen molar-refractivity contribution >= 4 is 5.91 Å². The number of aryl methyl sites for hydroxylation is 1. The summed E-state index contributed by atoms with van der Waals surface area (Å²) in [5, 5.41) is 5.76. The Hall–Kier alpha value is -1.62. The minimum absolute atomic E-state index is 0.0628. The lowest BCUT2D eigenvalue weighted by atomic mass is 10.3. The Balaban J connectivity index is 2.34. The molecule has 0 saturated carbocycles. The van der Waals surface area contributed by atoms with E-state index in [2.05, 4.69) is 22.2 Å². The van der Waals surface area contributed by atoms with Crippen LogP contribution in [0.25, 0.3) is 0 Å². The number of rotatable bonds is 7. The number of nitrogens with zero attached hydrogens (tertiary/aromatic N) is 1. The summed E-state index contributed by atoms with van der Waals surface area (Å²) in [5.74, 6) is 1.39. The highest BCUT2D eigenvalue weighted by atomic mass is 16.4. The number of carbonyl (C=O) groups excluding carboxylic acids is 1. The van der Waals surface area contributed by atoms with Gasteiger partial charge in [0.1, 0.15) is 5.76 Å². The van der Waals surface area contributed by atoms with Crippen molar-refractivity contribution in [1.29, 1.82) is 0 Å². The topological polar surface area (TPSA) is 67.2 Å². The molecule has 5 heteroatoms. The SMILES string of the molecule is C=CCNC(=O)C(C)NCc1ncc(CC)o1. The van der Waals surface area contributed by atoms with Gasteiger partial charge < -0.3 is 9.73 Å². The van der Waals surface area contributed by atoms with Gasteiger partial charge in [-0.05, 0) is 6.92 Å². The smallest absolute Gasteiger partial charge is 0.237 e. The Morgan fingerprint density at radius 3 is 3.06 bits per heavy atom. The molecule has 1 amide bonds. The Morgan fingerprint density at radius 1 is 1.71 bits per heavy atom. The van der Waals surface area contributed by atoms with E-state index in [0.717, 1.165) is 12.2 Å². The number of aromatic nitrogens is 1. The highest BCUT2D eigenvalue weighted by molar-refractivity contribution is 5.81. The molecular formula is C12H19N3O2. The average Bonchev–Trinajstić information content (AvgIpc) is 2.80. The maximum Gasteiger partial charge on any atom is 0.237 e. The fraction of sp³-hybridized carbons (Fsp3) is 0.500. The highest BCUT2D eigenvalue weighted by Gasteiger charge is 2.12. The lowest BCUT2D eigenvalue weighted by molar-refractivity contribution is -0.122. The third-order valence-corrected chi connectivity index (χ3v) is 2.32. The van der Waals surface area contributed by atoms with E-state index >= 15 is 0 Å². The van der Waals surface area contributed by atoms with E-state index in [1.165, 1.54) is 0 Å². The standard InChI is InChI=1S/C12H19N3O2/c1-4-6-13-12(16)9(3)14-8-11-15-7-10(5-2)17-11/h4,7,9,14H,1,5-6,8H2,2-3H3,(H,13,16). The number of oxazole rings is 1. The van der Waals surface area contributed by atoms with Crippen LogP contribution in [0.3, 0.4) is 0 Å². The molecule has 1 unspecified atom stereocenters. The van der Waals surface area contributed by atoms with Gasteiger partial charge in [-0.1, -0.05) is 13.0 Å². The van der Waals surface area contributed by atoms with Crippen molar-refractivity contribution in [3.63, 3.8) is 0 Å². The van der Waals surface area contributed by atoms with Crippen LogP contribution in [-0.2, 0) is 17.8 Å². The Kier molecular flexibility index (Phi) is 5.42. The molecule has 1 aromatic heterocycles. The first kappa shape index (κ1) is 13.4. The quantitative estimate of drug-likeness (QED) is 0.695. The van der Waals surface area contributed by atoms with Crippen LogP contribution < -0.4 is 10.6 Å². The molecule has 0 bridgehead atoms. The lowest BCUT2D eigenvalue weighted by Crippen LogP contribution is -2.41. The molecule has 0 aromatic carbocycles. The van der Waals surface area contributed by atoms with Crippen molar-refractivity contribution in [1.82, 2.24) is 15.6 Å². The molecule has 1 aromatic rings. The zero-order valence-electron chi connectivity index (χ0n) is 10.3. The molecule has 2 N–H and O–H groups in total. The van der Waals surface area contributed by atoms with Crippen LogP contribution in [0.4, 0.5) is 0 Å². The zero-order chi connectivity index (χ0) is 12.7. The van der Waals surface area contributed by atoms with Crippen LogP contribution in [0.1, 0.15) is 25.5 Å². The molecule has 17 heavy (non-hydrogen) atoms. The second-order valence-electron chi connectivity index (χ2n) is 3.71. The van der Waals surface area contributed by atoms with Gasteiger partial charge >= 0.3 is 0 Å². The van der Waals surface area contributed by atoms with E-state index in [4.69, 9.17) is 4.42 Å². The fourth-order valence-electron chi connectivity index (χ4n) is 1.25. The number of nitrogens with one attached hydrogen (secondary N) is 2. The van der Waals surface area contributed by atoms with Gasteiger partial charge in [-0.2, -0.15) is 0 Å². The number of carbonyl (C=O) groups is 1. The van der Waals surface area contributed by atoms with Crippen LogP contribution in [0, 0.1) is 0 Å². The third-order valence-electron chi connectivity index (χ3n) is 2.32. The molecule has 1 atom stereocenters. The molecular weight excluding hydrogens is 218 g/mol. The van der Waals surface area contributed by atoms with Gasteiger partial charge in [0.25, 0.3) is 0 Å². The number of hydrogen-bond acceptors (Lipinski definition) is 4. The predicted octanol–water partition coefficient (Wildman–Crippen LogP) is 1.02. The van der Waals surface area contributed by atoms with Crippen LogP contribution in [-0.4, -0.2) is 23.5 Å². The summed E-state index contributed by atoms with van der Waals surface area (Å²) in [4.78, 5) is 15.6. The molecule has 1 heterocycles. The summed E-state index contributed by atoms with van der Waals surface area (Å²) in [7, 11) is 0. The van der Waals surface area contributed by atoms with Gasteiger partial charge in [0.05, 0.1) is 18.8 Å². The monoisotopic (exact) mass is 237 g/mol. The maximum absolute atomic E-state index is 11.5. The first-order valence-electron chi connectivity index (χ1n) is 5.73. The molecule has 0 aliphatic carbocycles. The summed E-state index contributed by atoms with van der Waals surface area (Å²) >= 11 is 0. The second-order valence-corrected chi connectivity index (χ2v) is 3.71. The van der Waals surface area contributed by atoms with E-state index in [9.17, 15) is 4.79 Å². The van der Waals surface area contributed by atoms with Crippen LogP contribution >= 0.6 is 0 Å². The molecule has 5 nitrogen and oxygen atoms in total. The van der Waals surface area contributed by atoms with Crippen molar-refractivity contribution < 1.29 is 9.21 Å². The minimum Gasteiger partial charge on any atom is -0.444 e. The van der Waals surface area contributed by atoms with Crippen molar-refractivity contribution in [2.75, 3.05) is 6.54 Å². The van der Waals surface area contributed by atoms with Gasteiger partial charge in [-0.3, -0.25) is 10.1 Å². The van der Waals surface area contributed by atoms with E-state index in [1.807, 2.05) is 6.92 Å². The Bertz CT molecular complexity index is 374. The van der Waals surface area contributed by atoms with E-state index in [-0.39, 0.29) is 11.9 Å². The van der Waals surface area contributed by atoms with Gasteiger partial charge in [0, 0.05) is 13.0 Å². The van der Waals surface area contributed by atoms with E-state index in [0.29, 0.717) is 19.0 Å². The van der Waals surface area contributed by atoms with Gasteiger partial charge in [0.2, 0.25) is 11.8 Å². The molecule has 94 valence electrons. The van der Waals surface area contributed by atoms with Crippen LogP contribution in [0.15, 0.2) is 23.3 Å². The number of amides is 1. The molecule has 0 fully saturated rings. The number of hydrogen-bond donors (Lipinski definition) is 2. The van der Waals surface area contributed by atoms with Gasteiger partial charge in [-0.15, -0.1) is 6.58 Å². The normalized spacial score (nSPS) is 12.1. The van der Waals surface area contributed by atoms with Gasteiger partial charge in [-0.25, -0.2) is 4.98 Å². The Labute approximate surface area is 101 Å². The molecule has 0 aliphatic rings. The molecule has 1 rings (SSSR count). The maximum atomic E-state index is 11.5. The van der Waals surface area contributed by atoms with Crippen molar-refractivity contribution in [3.05, 3.63) is 30.5 Å². The summed E-state index contributed by atoms with van der Waals surface area (Å²) in [6, 6.07) is -0.285. The van der Waals surface area contributed by atoms with Crippen molar-refractivity contribution in [2.45, 2.75) is 32.9 Å². The highest BCUT2D eigenvalue weighted by Crippen LogP contribution is 2.03. The Morgan fingerprint density at radius 2 is 2.47 bits per heavy atom. The summed E-state index contributed by atoms with van der Waals surface area (Å²) in [6.45, 7) is 8.26. The molecule has 0 radical (unpaired) electrons. The van der Waals surface area contributed by atoms with E-state index in [1.54, 1.807) is 19.2 Å². The molecule has 0 spiro atoms. The van der Waals surface area contributed by atoms with Crippen LogP contribution in [0.5, 0.6) is 0 Å². The lowest BCUT2D eigenvalue weighted by Gasteiger charge is -2.11. The molecule has 0 aliphatic heterocycles. The van der Waals surface area contributed by atoms with E-state index < -0.39 is 0 Å². The van der Waals surface area contributed by atoms with Gasteiger partial charge in [0.15, 0.2) is 0 Å². The van der Waals surface area contributed by atoms with Crippen molar-refractivity contribution in [2.24, 2.45) is 0 Å². The second kappa shape index (κ2) is 6.85. The third kappa shape index (κ3) is 4.40. The minimum atomic E-state index is -0.285. The zero-order valence-corrected chi connectivity index (χ0v) is 10.3. The predicted molar refractivity (Wildman–Crippen MR) is 65.4 cm³/mol. The first-order valence-corrected chi connectivity index (χ1v) is 5.73. The summed E-state index contributed by atoms with van der Waals surface area (Å²) in [5.41, 5.74) is 0. The first-order chi connectivity index (χ1) is 8.17. The fourth-order valence-corrected chi connectivity index (χ4v) is 1.25. The average molecular weight is 237 g/mol. The molecule has 0 saturated heterocycles. The summed E-state index contributed by atoms with van der Waals surface area (Å²) < 4.78 is 5.42.